The molecule has 5 nitrogen and oxygen atoms in total. The van der Waals surface area contributed by atoms with E-state index in [1.807, 2.05) is 68.4 Å². The van der Waals surface area contributed by atoms with Crippen molar-refractivity contribution in [1.29, 1.82) is 0 Å². The summed E-state index contributed by atoms with van der Waals surface area (Å²) in [5.74, 6) is 0.538. The number of nitrogens with zero attached hydrogens (tertiary/aromatic N) is 1. The summed E-state index contributed by atoms with van der Waals surface area (Å²) in [6.07, 6.45) is 3.26. The molecule has 1 aromatic heterocycles. The highest BCUT2D eigenvalue weighted by atomic mass is 35.5. The second kappa shape index (κ2) is 10.4. The van der Waals surface area contributed by atoms with Gasteiger partial charge in [0.25, 0.3) is 5.91 Å². The average molecular weight is 516 g/mol. The SMILES string of the molecule is CCCCCOc1ccc(C2c3c(oc4cc(C)cc(C)c4c3=O)C(=O)N2Cc2ccccc2Cl)cc1. The van der Waals surface area contributed by atoms with Crippen LogP contribution in [0.4, 0.5) is 0 Å². The fourth-order valence-electron chi connectivity index (χ4n) is 5.12. The van der Waals surface area contributed by atoms with Crippen LogP contribution in [0, 0.1) is 13.8 Å². The van der Waals surface area contributed by atoms with Crippen LogP contribution >= 0.6 is 11.6 Å². The Labute approximate surface area is 221 Å². The zero-order valence-corrected chi connectivity index (χ0v) is 22.1. The van der Waals surface area contributed by atoms with E-state index in [0.717, 1.165) is 47.3 Å². The first-order valence-electron chi connectivity index (χ1n) is 12.7. The van der Waals surface area contributed by atoms with Gasteiger partial charge in [-0.2, -0.15) is 0 Å². The van der Waals surface area contributed by atoms with Gasteiger partial charge in [-0.1, -0.05) is 67.8 Å². The molecule has 0 fully saturated rings. The second-order valence-corrected chi connectivity index (χ2v) is 10.1. The van der Waals surface area contributed by atoms with Gasteiger partial charge in [0, 0.05) is 11.6 Å². The molecule has 5 rings (SSSR count). The minimum atomic E-state index is -0.603. The van der Waals surface area contributed by atoms with E-state index in [1.165, 1.54) is 0 Å². The number of hydrogen-bond donors (Lipinski definition) is 0. The number of halogens is 1. The number of carbonyl (C=O) groups excluding carboxylic acids is 1. The minimum absolute atomic E-state index is 0.0967. The lowest BCUT2D eigenvalue weighted by atomic mass is 9.96. The Morgan fingerprint density at radius 3 is 2.49 bits per heavy atom. The molecule has 4 aromatic rings. The predicted molar refractivity (Wildman–Crippen MR) is 147 cm³/mol. The van der Waals surface area contributed by atoms with Crippen molar-refractivity contribution in [3.8, 4) is 5.75 Å². The maximum absolute atomic E-state index is 13.9. The fraction of sp³-hybridized carbons (Fsp3) is 0.290. The van der Waals surface area contributed by atoms with Gasteiger partial charge < -0.3 is 14.1 Å². The van der Waals surface area contributed by atoms with Crippen molar-refractivity contribution in [3.63, 3.8) is 0 Å². The van der Waals surface area contributed by atoms with Gasteiger partial charge >= 0.3 is 0 Å². The number of ether oxygens (including phenoxy) is 1. The van der Waals surface area contributed by atoms with Crippen LogP contribution in [-0.2, 0) is 6.54 Å². The lowest BCUT2D eigenvalue weighted by Crippen LogP contribution is -2.29. The number of rotatable bonds is 8. The van der Waals surface area contributed by atoms with Gasteiger partial charge in [0.1, 0.15) is 11.3 Å². The van der Waals surface area contributed by atoms with Crippen molar-refractivity contribution in [2.45, 2.75) is 52.6 Å². The molecule has 1 unspecified atom stereocenters. The number of amides is 1. The summed E-state index contributed by atoms with van der Waals surface area (Å²) in [7, 11) is 0. The Hall–Kier alpha value is -3.57. The number of benzene rings is 3. The lowest BCUT2D eigenvalue weighted by molar-refractivity contribution is 0.0714. The van der Waals surface area contributed by atoms with Crippen molar-refractivity contribution in [2.75, 3.05) is 6.61 Å². The van der Waals surface area contributed by atoms with Crippen LogP contribution in [0.25, 0.3) is 11.0 Å². The summed E-state index contributed by atoms with van der Waals surface area (Å²) < 4.78 is 12.0. The lowest BCUT2D eigenvalue weighted by Gasteiger charge is -2.26. The Morgan fingerprint density at radius 2 is 1.76 bits per heavy atom. The van der Waals surface area contributed by atoms with Gasteiger partial charge in [-0.3, -0.25) is 9.59 Å². The molecule has 0 bridgehead atoms. The van der Waals surface area contributed by atoms with Gasteiger partial charge in [-0.15, -0.1) is 0 Å². The fourth-order valence-corrected chi connectivity index (χ4v) is 5.32. The van der Waals surface area contributed by atoms with Crippen molar-refractivity contribution in [3.05, 3.63) is 109 Å². The zero-order chi connectivity index (χ0) is 26.1. The Kier molecular flexibility index (Phi) is 7.07. The minimum Gasteiger partial charge on any atom is -0.494 e. The van der Waals surface area contributed by atoms with Gasteiger partial charge in [-0.25, -0.2) is 0 Å². The summed E-state index contributed by atoms with van der Waals surface area (Å²) in [5.41, 5.74) is 4.05. The summed E-state index contributed by atoms with van der Waals surface area (Å²) in [6.45, 7) is 6.91. The van der Waals surface area contributed by atoms with Crippen LogP contribution in [0.2, 0.25) is 5.02 Å². The van der Waals surface area contributed by atoms with Gasteiger partial charge in [0.2, 0.25) is 5.76 Å². The van der Waals surface area contributed by atoms with Crippen molar-refractivity contribution in [2.24, 2.45) is 0 Å². The normalized spacial score (nSPS) is 14.9. The molecule has 1 amide bonds. The topological polar surface area (TPSA) is 59.8 Å². The smallest absolute Gasteiger partial charge is 0.291 e. The summed E-state index contributed by atoms with van der Waals surface area (Å²) >= 11 is 6.46. The van der Waals surface area contributed by atoms with E-state index in [0.29, 0.717) is 28.2 Å². The molecule has 37 heavy (non-hydrogen) atoms. The van der Waals surface area contributed by atoms with Crippen molar-refractivity contribution in [1.82, 2.24) is 4.90 Å². The summed E-state index contributed by atoms with van der Waals surface area (Å²) in [4.78, 5) is 29.4. The molecule has 1 atom stereocenters. The van der Waals surface area contributed by atoms with Crippen LogP contribution in [0.5, 0.6) is 5.75 Å². The molecule has 0 radical (unpaired) electrons. The molecule has 0 spiro atoms. The monoisotopic (exact) mass is 515 g/mol. The second-order valence-electron chi connectivity index (χ2n) is 9.68. The first-order chi connectivity index (χ1) is 17.9. The predicted octanol–water partition coefficient (Wildman–Crippen LogP) is 7.38. The maximum atomic E-state index is 13.9. The first-order valence-corrected chi connectivity index (χ1v) is 13.1. The molecule has 2 heterocycles. The third kappa shape index (κ3) is 4.76. The molecule has 0 saturated carbocycles. The van der Waals surface area contributed by atoms with Crippen LogP contribution in [0.15, 0.2) is 69.9 Å². The van der Waals surface area contributed by atoms with Crippen LogP contribution in [0.1, 0.15) is 70.6 Å². The molecule has 190 valence electrons. The third-order valence-corrected chi connectivity index (χ3v) is 7.29. The number of carbonyl (C=O) groups is 1. The standard InChI is InChI=1S/C31H30ClNO4/c1-4-5-8-15-36-23-13-11-21(12-14-23)28-27-29(34)26-20(3)16-19(2)17-25(26)37-30(27)31(35)33(28)18-22-9-6-7-10-24(22)32/h6-7,9-14,16-17,28H,4-5,8,15,18H2,1-3H3. The molecular formula is C31H30ClNO4. The van der Waals surface area contributed by atoms with Crippen LogP contribution < -0.4 is 10.2 Å². The first kappa shape index (κ1) is 25.1. The molecular weight excluding hydrogens is 486 g/mol. The van der Waals surface area contributed by atoms with Gasteiger partial charge in [0.15, 0.2) is 5.43 Å². The Morgan fingerprint density at radius 1 is 1.00 bits per heavy atom. The molecule has 6 heteroatoms. The highest BCUT2D eigenvalue weighted by Gasteiger charge is 2.43. The van der Waals surface area contributed by atoms with Gasteiger partial charge in [-0.05, 0) is 66.8 Å². The number of fused-ring (bicyclic) bond motifs is 2. The number of hydrogen-bond acceptors (Lipinski definition) is 4. The highest BCUT2D eigenvalue weighted by molar-refractivity contribution is 6.31. The van der Waals surface area contributed by atoms with E-state index in [1.54, 1.807) is 11.0 Å². The molecule has 1 aliphatic heterocycles. The van der Waals surface area contributed by atoms with E-state index in [2.05, 4.69) is 6.92 Å². The maximum Gasteiger partial charge on any atom is 0.291 e. The molecule has 1 aliphatic rings. The van der Waals surface area contributed by atoms with E-state index in [4.69, 9.17) is 20.8 Å². The largest absolute Gasteiger partial charge is 0.494 e. The van der Waals surface area contributed by atoms with E-state index in [-0.39, 0.29) is 23.6 Å². The van der Waals surface area contributed by atoms with Crippen molar-refractivity contribution >= 4 is 28.5 Å². The molecule has 0 N–H and O–H groups in total. The third-order valence-electron chi connectivity index (χ3n) is 6.92. The molecule has 3 aromatic carbocycles. The Balaban J connectivity index is 1.61. The highest BCUT2D eigenvalue weighted by Crippen LogP contribution is 2.40. The van der Waals surface area contributed by atoms with Crippen LogP contribution in [0.3, 0.4) is 0 Å². The van der Waals surface area contributed by atoms with E-state index in [9.17, 15) is 9.59 Å². The van der Waals surface area contributed by atoms with Crippen molar-refractivity contribution < 1.29 is 13.9 Å². The molecule has 0 saturated heterocycles. The average Bonchev–Trinajstić information content (AvgIpc) is 3.15. The van der Waals surface area contributed by atoms with Crippen LogP contribution in [-0.4, -0.2) is 17.4 Å². The summed E-state index contributed by atoms with van der Waals surface area (Å²) in [6, 6.07) is 18.2. The van der Waals surface area contributed by atoms with E-state index < -0.39 is 6.04 Å². The number of aryl methyl sites for hydroxylation is 2. The summed E-state index contributed by atoms with van der Waals surface area (Å²) in [5, 5.41) is 1.08. The Bertz CT molecular complexity index is 1520. The quantitative estimate of drug-likeness (QED) is 0.230. The van der Waals surface area contributed by atoms with Gasteiger partial charge in [0.05, 0.1) is 23.6 Å². The molecule has 0 aliphatic carbocycles. The zero-order valence-electron chi connectivity index (χ0n) is 21.3. The number of unbranched alkanes of at least 4 members (excludes halogenated alkanes) is 2. The van der Waals surface area contributed by atoms with E-state index >= 15 is 0 Å².